The maximum absolute atomic E-state index is 13.0. The first-order valence-corrected chi connectivity index (χ1v) is 10.2. The summed E-state index contributed by atoms with van der Waals surface area (Å²) in [6.45, 7) is 5.66. The fraction of sp³-hybridized carbons (Fsp3) is 0.850. The second-order valence-electron chi connectivity index (χ2n) is 7.95. The number of morpholine rings is 1. The smallest absolute Gasteiger partial charge is 0.226 e. The van der Waals surface area contributed by atoms with Gasteiger partial charge in [0.1, 0.15) is 6.10 Å². The zero-order valence-electron chi connectivity index (χ0n) is 15.3. The molecule has 0 aromatic heterocycles. The van der Waals surface area contributed by atoms with Gasteiger partial charge in [0.2, 0.25) is 5.91 Å². The lowest BCUT2D eigenvalue weighted by Crippen LogP contribution is -2.55. The van der Waals surface area contributed by atoms with Gasteiger partial charge in [-0.2, -0.15) is 0 Å². The normalized spacial score (nSPS) is 35.9. The van der Waals surface area contributed by atoms with Crippen molar-refractivity contribution >= 4 is 5.91 Å². The first kappa shape index (κ1) is 17.5. The Morgan fingerprint density at radius 1 is 1.12 bits per heavy atom. The number of carbonyl (C=O) groups is 1. The predicted molar refractivity (Wildman–Crippen MR) is 96.4 cm³/mol. The van der Waals surface area contributed by atoms with E-state index in [2.05, 4.69) is 22.0 Å². The first-order chi connectivity index (χ1) is 12.3. The van der Waals surface area contributed by atoms with Gasteiger partial charge in [0.25, 0.3) is 0 Å². The van der Waals surface area contributed by atoms with Crippen molar-refractivity contribution in [2.24, 2.45) is 5.92 Å². The van der Waals surface area contributed by atoms with E-state index in [0.717, 1.165) is 51.8 Å². The van der Waals surface area contributed by atoms with Crippen molar-refractivity contribution in [3.8, 4) is 0 Å². The largest absolute Gasteiger partial charge is 0.374 e. The van der Waals surface area contributed by atoms with Gasteiger partial charge in [-0.25, -0.2) is 0 Å². The van der Waals surface area contributed by atoms with Gasteiger partial charge in [0.05, 0.1) is 25.4 Å². The van der Waals surface area contributed by atoms with E-state index in [1.807, 2.05) is 0 Å². The molecule has 0 spiro atoms. The molecule has 4 atom stereocenters. The van der Waals surface area contributed by atoms with Gasteiger partial charge in [0.15, 0.2) is 0 Å². The number of nitrogens with zero attached hydrogens (tertiary/aromatic N) is 2. The van der Waals surface area contributed by atoms with Crippen LogP contribution in [-0.4, -0.2) is 73.3 Å². The molecule has 0 N–H and O–H groups in total. The van der Waals surface area contributed by atoms with Crippen molar-refractivity contribution in [1.82, 2.24) is 9.80 Å². The molecule has 1 unspecified atom stereocenters. The van der Waals surface area contributed by atoms with Crippen LogP contribution < -0.4 is 0 Å². The molecule has 0 bridgehead atoms. The van der Waals surface area contributed by atoms with E-state index < -0.39 is 0 Å². The lowest BCUT2D eigenvalue weighted by molar-refractivity contribution is -0.155. The van der Waals surface area contributed by atoms with Gasteiger partial charge >= 0.3 is 0 Å². The summed E-state index contributed by atoms with van der Waals surface area (Å²) in [6.07, 6.45) is 12.2. The molecule has 0 aromatic rings. The molecular weight excluding hydrogens is 316 g/mol. The molecule has 0 radical (unpaired) electrons. The van der Waals surface area contributed by atoms with Crippen LogP contribution in [0.3, 0.4) is 0 Å². The van der Waals surface area contributed by atoms with E-state index in [4.69, 9.17) is 9.47 Å². The molecule has 5 heteroatoms. The molecule has 3 fully saturated rings. The van der Waals surface area contributed by atoms with Crippen LogP contribution >= 0.6 is 0 Å². The quantitative estimate of drug-likeness (QED) is 0.715. The maximum atomic E-state index is 13.0. The van der Waals surface area contributed by atoms with Crippen molar-refractivity contribution in [2.45, 2.75) is 63.2 Å². The molecule has 1 amide bonds. The van der Waals surface area contributed by atoms with Crippen molar-refractivity contribution < 1.29 is 14.3 Å². The van der Waals surface area contributed by atoms with Gasteiger partial charge in [-0.05, 0) is 58.0 Å². The maximum Gasteiger partial charge on any atom is 0.226 e. The number of allylic oxidation sites excluding steroid dienone is 2. The van der Waals surface area contributed by atoms with E-state index in [1.54, 1.807) is 0 Å². The number of amides is 1. The van der Waals surface area contributed by atoms with Gasteiger partial charge in [-0.15, -0.1) is 0 Å². The summed E-state index contributed by atoms with van der Waals surface area (Å²) in [7, 11) is 0. The van der Waals surface area contributed by atoms with Crippen LogP contribution in [0, 0.1) is 5.92 Å². The Bertz CT molecular complexity index is 489. The van der Waals surface area contributed by atoms with Crippen LogP contribution in [0.5, 0.6) is 0 Å². The first-order valence-electron chi connectivity index (χ1n) is 10.2. The average molecular weight is 348 g/mol. The van der Waals surface area contributed by atoms with Gasteiger partial charge in [0, 0.05) is 19.0 Å². The second kappa shape index (κ2) is 8.19. The molecule has 1 saturated carbocycles. The Hall–Kier alpha value is -0.910. The van der Waals surface area contributed by atoms with Crippen LogP contribution in [-0.2, 0) is 14.3 Å². The lowest BCUT2D eigenvalue weighted by atomic mass is 9.92. The number of fused-ring (bicyclic) bond motifs is 1. The third-order valence-electron chi connectivity index (χ3n) is 6.37. The van der Waals surface area contributed by atoms with Gasteiger partial charge < -0.3 is 19.3 Å². The summed E-state index contributed by atoms with van der Waals surface area (Å²) in [5.74, 6) is 0.527. The number of hydrogen-bond acceptors (Lipinski definition) is 4. The van der Waals surface area contributed by atoms with E-state index >= 15 is 0 Å². The summed E-state index contributed by atoms with van der Waals surface area (Å²) in [4.78, 5) is 17.6. The summed E-state index contributed by atoms with van der Waals surface area (Å²) in [6, 6.07) is 0.226. The molecule has 5 nitrogen and oxygen atoms in total. The third kappa shape index (κ3) is 3.93. The van der Waals surface area contributed by atoms with Crippen LogP contribution in [0.2, 0.25) is 0 Å². The Morgan fingerprint density at radius 2 is 2.00 bits per heavy atom. The van der Waals surface area contributed by atoms with Crippen molar-refractivity contribution in [3.63, 3.8) is 0 Å². The standard InChI is InChI=1S/C20H32N2O3/c23-20(16-6-2-1-3-7-16)22-13-15-25-19-17(22)8-9-18(19)24-14-12-21-10-4-5-11-21/h1-2,16-19H,3-15H2/t16?,17-,18+,19+/m0/s1. The molecular formula is C20H32N2O3. The fourth-order valence-electron chi connectivity index (χ4n) is 4.96. The van der Waals surface area contributed by atoms with Gasteiger partial charge in [-0.3, -0.25) is 4.79 Å². The van der Waals surface area contributed by atoms with E-state index in [0.29, 0.717) is 12.5 Å². The predicted octanol–water partition coefficient (Wildman–Crippen LogP) is 2.21. The summed E-state index contributed by atoms with van der Waals surface area (Å²) in [5, 5.41) is 0. The third-order valence-corrected chi connectivity index (χ3v) is 6.37. The second-order valence-corrected chi connectivity index (χ2v) is 7.95. The molecule has 2 heterocycles. The Kier molecular flexibility index (Phi) is 5.73. The zero-order chi connectivity index (χ0) is 17.1. The number of ether oxygens (including phenoxy) is 2. The van der Waals surface area contributed by atoms with Crippen molar-refractivity contribution in [3.05, 3.63) is 12.2 Å². The molecule has 140 valence electrons. The number of rotatable bonds is 5. The Balaban J connectivity index is 1.30. The highest BCUT2D eigenvalue weighted by Crippen LogP contribution is 2.34. The highest BCUT2D eigenvalue weighted by atomic mass is 16.5. The molecule has 2 saturated heterocycles. The van der Waals surface area contributed by atoms with E-state index in [1.165, 1.54) is 25.9 Å². The van der Waals surface area contributed by atoms with Crippen LogP contribution in [0.25, 0.3) is 0 Å². The molecule has 25 heavy (non-hydrogen) atoms. The monoisotopic (exact) mass is 348 g/mol. The van der Waals surface area contributed by atoms with E-state index in [-0.39, 0.29) is 24.2 Å². The summed E-state index contributed by atoms with van der Waals surface area (Å²) >= 11 is 0. The summed E-state index contributed by atoms with van der Waals surface area (Å²) < 4.78 is 12.3. The van der Waals surface area contributed by atoms with E-state index in [9.17, 15) is 4.79 Å². The SMILES string of the molecule is O=C(C1CC=CCC1)N1CCO[C@H]2[C@H](OCCN3CCCC3)CC[C@@H]21. The minimum Gasteiger partial charge on any atom is -0.374 e. The Labute approximate surface area is 151 Å². The molecule has 2 aliphatic carbocycles. The highest BCUT2D eigenvalue weighted by Gasteiger charge is 2.45. The zero-order valence-corrected chi connectivity index (χ0v) is 15.3. The average Bonchev–Trinajstić information content (AvgIpc) is 3.32. The number of likely N-dealkylation sites (tertiary alicyclic amines) is 1. The van der Waals surface area contributed by atoms with Crippen LogP contribution in [0.4, 0.5) is 0 Å². The van der Waals surface area contributed by atoms with Crippen LogP contribution in [0.1, 0.15) is 44.9 Å². The molecule has 2 aliphatic heterocycles. The van der Waals surface area contributed by atoms with Crippen LogP contribution in [0.15, 0.2) is 12.2 Å². The fourth-order valence-corrected chi connectivity index (χ4v) is 4.96. The van der Waals surface area contributed by atoms with Gasteiger partial charge in [-0.1, -0.05) is 12.2 Å². The van der Waals surface area contributed by atoms with Crippen molar-refractivity contribution in [1.29, 1.82) is 0 Å². The minimum absolute atomic E-state index is 0.0791. The Morgan fingerprint density at radius 3 is 2.80 bits per heavy atom. The highest BCUT2D eigenvalue weighted by molar-refractivity contribution is 5.79. The van der Waals surface area contributed by atoms with Crippen molar-refractivity contribution in [2.75, 3.05) is 39.4 Å². The number of hydrogen-bond donors (Lipinski definition) is 0. The number of carbonyl (C=O) groups excluding carboxylic acids is 1. The molecule has 0 aromatic carbocycles. The topological polar surface area (TPSA) is 42.0 Å². The lowest BCUT2D eigenvalue weighted by Gasteiger charge is -2.40. The summed E-state index contributed by atoms with van der Waals surface area (Å²) in [5.41, 5.74) is 0. The molecule has 4 aliphatic rings. The molecule has 4 rings (SSSR count). The minimum atomic E-state index is 0.0791.